The van der Waals surface area contributed by atoms with E-state index in [2.05, 4.69) is 18.5 Å². The van der Waals surface area contributed by atoms with Gasteiger partial charge in [-0.25, -0.2) is 4.79 Å². The molecule has 0 saturated heterocycles. The maximum Gasteiger partial charge on any atom is 0.327 e. The number of carboxylic acid groups (broad SMARTS) is 1. The maximum absolute atomic E-state index is 10.8. The zero-order chi connectivity index (χ0) is 15.0. The Kier molecular flexibility index (Phi) is 8.21. The predicted molar refractivity (Wildman–Crippen MR) is 67.2 cm³/mol. The van der Waals surface area contributed by atoms with Crippen molar-refractivity contribution in [2.75, 3.05) is 6.16 Å². The van der Waals surface area contributed by atoms with Crippen LogP contribution in [0.4, 0.5) is 0 Å². The van der Waals surface area contributed by atoms with Crippen LogP contribution in [0.5, 0.6) is 0 Å². The van der Waals surface area contributed by atoms with Crippen LogP contribution in [-0.2, 0) is 14.2 Å². The van der Waals surface area contributed by atoms with E-state index in [9.17, 15) is 14.2 Å². The Morgan fingerprint density at radius 2 is 1.67 bits per heavy atom. The van der Waals surface area contributed by atoms with Gasteiger partial charge >= 0.3 is 13.6 Å². The SMILES string of the molecule is C=CC(=O)NC(C)(C)CP(=O)(O)O.C=CC(=O)O. The summed E-state index contributed by atoms with van der Waals surface area (Å²) >= 11 is 0. The molecule has 0 aliphatic heterocycles. The van der Waals surface area contributed by atoms with Gasteiger partial charge in [0.1, 0.15) is 0 Å². The first kappa shape index (κ1) is 18.9. The Balaban J connectivity index is 0. The number of carbonyl (C=O) groups is 2. The van der Waals surface area contributed by atoms with Crippen LogP contribution in [0, 0.1) is 0 Å². The normalized spacial score (nSPS) is 10.7. The van der Waals surface area contributed by atoms with Crippen molar-refractivity contribution < 1.29 is 29.0 Å². The van der Waals surface area contributed by atoms with Crippen LogP contribution in [0.25, 0.3) is 0 Å². The molecule has 0 aliphatic carbocycles. The van der Waals surface area contributed by atoms with Crippen LogP contribution in [0.3, 0.4) is 0 Å². The first-order valence-electron chi connectivity index (χ1n) is 4.78. The van der Waals surface area contributed by atoms with Crippen LogP contribution < -0.4 is 5.32 Å². The third-order valence-corrected chi connectivity index (χ3v) is 2.63. The van der Waals surface area contributed by atoms with Crippen molar-refractivity contribution in [1.29, 1.82) is 0 Å². The fourth-order valence-corrected chi connectivity index (χ4v) is 2.05. The molecule has 0 aromatic carbocycles. The Morgan fingerprint density at radius 1 is 1.28 bits per heavy atom. The average molecular weight is 279 g/mol. The van der Waals surface area contributed by atoms with Crippen molar-refractivity contribution in [3.63, 3.8) is 0 Å². The number of aliphatic carboxylic acids is 1. The molecular weight excluding hydrogens is 261 g/mol. The molecule has 0 aromatic heterocycles. The Labute approximate surface area is 105 Å². The number of rotatable bonds is 5. The van der Waals surface area contributed by atoms with E-state index < -0.39 is 25.0 Å². The van der Waals surface area contributed by atoms with Gasteiger partial charge in [0, 0.05) is 11.6 Å². The molecule has 0 saturated carbocycles. The highest BCUT2D eigenvalue weighted by molar-refractivity contribution is 7.51. The first-order valence-corrected chi connectivity index (χ1v) is 6.58. The van der Waals surface area contributed by atoms with E-state index in [1.807, 2.05) is 0 Å². The predicted octanol–water partition coefficient (Wildman–Crippen LogP) is 0.502. The Morgan fingerprint density at radius 3 is 1.89 bits per heavy atom. The van der Waals surface area contributed by atoms with Gasteiger partial charge in [-0.3, -0.25) is 9.36 Å². The van der Waals surface area contributed by atoms with Gasteiger partial charge in [-0.05, 0) is 19.9 Å². The first-order chi connectivity index (χ1) is 7.93. The van der Waals surface area contributed by atoms with Gasteiger partial charge in [-0.1, -0.05) is 13.2 Å². The largest absolute Gasteiger partial charge is 0.478 e. The lowest BCUT2D eigenvalue weighted by molar-refractivity contribution is -0.131. The summed E-state index contributed by atoms with van der Waals surface area (Å²) in [5, 5.41) is 10.0. The summed E-state index contributed by atoms with van der Waals surface area (Å²) in [5.74, 6) is -1.43. The lowest BCUT2D eigenvalue weighted by atomic mass is 10.1. The van der Waals surface area contributed by atoms with Gasteiger partial charge in [0.15, 0.2) is 0 Å². The maximum atomic E-state index is 10.8. The van der Waals surface area contributed by atoms with Gasteiger partial charge in [0.05, 0.1) is 6.16 Å². The molecule has 7 nitrogen and oxygen atoms in total. The summed E-state index contributed by atoms with van der Waals surface area (Å²) in [4.78, 5) is 37.4. The summed E-state index contributed by atoms with van der Waals surface area (Å²) in [5.41, 5.74) is -0.926. The highest BCUT2D eigenvalue weighted by Crippen LogP contribution is 2.37. The minimum atomic E-state index is -4.10. The smallest absolute Gasteiger partial charge is 0.327 e. The van der Waals surface area contributed by atoms with E-state index in [4.69, 9.17) is 14.9 Å². The van der Waals surface area contributed by atoms with Crippen molar-refractivity contribution in [2.24, 2.45) is 0 Å². The molecule has 104 valence electrons. The second-order valence-electron chi connectivity index (χ2n) is 3.94. The summed E-state index contributed by atoms with van der Waals surface area (Å²) in [6, 6.07) is 0. The Hall–Kier alpha value is -1.43. The molecule has 0 aromatic rings. The van der Waals surface area contributed by atoms with Crippen LogP contribution in [-0.4, -0.2) is 38.5 Å². The van der Waals surface area contributed by atoms with E-state index in [1.54, 1.807) is 0 Å². The van der Waals surface area contributed by atoms with Crippen molar-refractivity contribution >= 4 is 19.5 Å². The highest BCUT2D eigenvalue weighted by Gasteiger charge is 2.28. The van der Waals surface area contributed by atoms with Crippen LogP contribution in [0.1, 0.15) is 13.8 Å². The molecule has 8 heteroatoms. The third-order valence-electron chi connectivity index (χ3n) is 1.42. The van der Waals surface area contributed by atoms with Crippen LogP contribution >= 0.6 is 7.60 Å². The highest BCUT2D eigenvalue weighted by atomic mass is 31.2. The number of carboxylic acids is 1. The molecule has 0 fully saturated rings. The fraction of sp³-hybridized carbons (Fsp3) is 0.400. The summed E-state index contributed by atoms with van der Waals surface area (Å²) in [6.07, 6.45) is 1.50. The standard InChI is InChI=1S/C7H14NO4P.C3H4O2/c1-4-6(9)8-7(2,3)5-13(10,11)12;1-2-3(4)5/h4H,1,5H2,2-3H3,(H,8,9)(H2,10,11,12);2H,1H2,(H,4,5). The van der Waals surface area contributed by atoms with E-state index >= 15 is 0 Å². The number of amides is 1. The van der Waals surface area contributed by atoms with Crippen molar-refractivity contribution in [3.05, 3.63) is 25.3 Å². The van der Waals surface area contributed by atoms with Gasteiger partial charge in [0.25, 0.3) is 0 Å². The molecule has 4 N–H and O–H groups in total. The zero-order valence-corrected chi connectivity index (χ0v) is 11.2. The topological polar surface area (TPSA) is 124 Å². The minimum Gasteiger partial charge on any atom is -0.478 e. The molecule has 1 amide bonds. The molecule has 0 bridgehead atoms. The quantitative estimate of drug-likeness (QED) is 0.429. The van der Waals surface area contributed by atoms with Gasteiger partial charge in [-0.2, -0.15) is 0 Å². The molecule has 0 aliphatic rings. The number of hydrogen-bond donors (Lipinski definition) is 4. The summed E-state index contributed by atoms with van der Waals surface area (Å²) < 4.78 is 10.6. The molecule has 0 unspecified atom stereocenters. The third kappa shape index (κ3) is 14.6. The summed E-state index contributed by atoms with van der Waals surface area (Å²) in [6.45, 7) is 9.27. The summed E-state index contributed by atoms with van der Waals surface area (Å²) in [7, 11) is -4.10. The fourth-order valence-electron chi connectivity index (χ4n) is 0.939. The number of hydrogen-bond acceptors (Lipinski definition) is 3. The second kappa shape index (κ2) is 7.81. The zero-order valence-electron chi connectivity index (χ0n) is 10.3. The lowest BCUT2D eigenvalue weighted by Gasteiger charge is -2.25. The number of carbonyl (C=O) groups excluding carboxylic acids is 1. The minimum absolute atomic E-state index is 0.389. The molecule has 0 atom stereocenters. The molecule has 0 rings (SSSR count). The van der Waals surface area contributed by atoms with E-state index in [0.29, 0.717) is 0 Å². The van der Waals surface area contributed by atoms with Gasteiger partial charge in [0.2, 0.25) is 5.91 Å². The number of nitrogens with one attached hydrogen (secondary N) is 1. The van der Waals surface area contributed by atoms with Crippen molar-refractivity contribution in [1.82, 2.24) is 5.32 Å². The average Bonchev–Trinajstić information content (AvgIpc) is 2.13. The van der Waals surface area contributed by atoms with Gasteiger partial charge in [-0.15, -0.1) is 0 Å². The van der Waals surface area contributed by atoms with Crippen LogP contribution in [0.2, 0.25) is 0 Å². The second-order valence-corrected chi connectivity index (χ2v) is 5.59. The Bertz CT molecular complexity index is 371. The molecule has 0 spiro atoms. The molecule has 0 heterocycles. The van der Waals surface area contributed by atoms with Crippen molar-refractivity contribution in [2.45, 2.75) is 19.4 Å². The molecule has 18 heavy (non-hydrogen) atoms. The monoisotopic (exact) mass is 279 g/mol. The van der Waals surface area contributed by atoms with E-state index in [0.717, 1.165) is 12.2 Å². The molecule has 0 radical (unpaired) electrons. The van der Waals surface area contributed by atoms with Gasteiger partial charge < -0.3 is 20.2 Å². The van der Waals surface area contributed by atoms with E-state index in [-0.39, 0.29) is 6.16 Å². The lowest BCUT2D eigenvalue weighted by Crippen LogP contribution is -2.45. The molecular formula is C10H18NO6P. The van der Waals surface area contributed by atoms with E-state index in [1.165, 1.54) is 13.8 Å². The van der Waals surface area contributed by atoms with Crippen LogP contribution in [0.15, 0.2) is 25.3 Å². The van der Waals surface area contributed by atoms with Crippen molar-refractivity contribution in [3.8, 4) is 0 Å².